The van der Waals surface area contributed by atoms with Gasteiger partial charge in [-0.1, -0.05) is 18.2 Å². The molecule has 1 rings (SSSR count). The van der Waals surface area contributed by atoms with Crippen molar-refractivity contribution in [3.8, 4) is 0 Å². The largest absolute Gasteiger partial charge is 0.417 e. The van der Waals surface area contributed by atoms with E-state index in [2.05, 4.69) is 10.9 Å². The van der Waals surface area contributed by atoms with Crippen LogP contribution in [0.1, 0.15) is 18.1 Å². The van der Waals surface area contributed by atoms with Crippen molar-refractivity contribution in [3.63, 3.8) is 0 Å². The van der Waals surface area contributed by atoms with Crippen molar-refractivity contribution in [2.45, 2.75) is 13.1 Å². The van der Waals surface area contributed by atoms with Gasteiger partial charge in [-0.25, -0.2) is 0 Å². The van der Waals surface area contributed by atoms with Gasteiger partial charge in [-0.05, 0) is 18.2 Å². The van der Waals surface area contributed by atoms with Gasteiger partial charge in [-0.2, -0.15) is 13.2 Å². The molecule has 0 fully saturated rings. The van der Waals surface area contributed by atoms with E-state index in [0.29, 0.717) is 0 Å². The SMILES string of the molecule is CC(=O)NN/C(N)=C/C=C(\N)c1ccccc1C(F)(F)F. The Morgan fingerprint density at radius 1 is 1.14 bits per heavy atom. The molecule has 0 radical (unpaired) electrons. The summed E-state index contributed by atoms with van der Waals surface area (Å²) >= 11 is 0. The summed E-state index contributed by atoms with van der Waals surface area (Å²) < 4.78 is 38.5. The van der Waals surface area contributed by atoms with E-state index in [1.54, 1.807) is 0 Å². The maximum absolute atomic E-state index is 12.8. The molecule has 6 N–H and O–H groups in total. The third-order valence-electron chi connectivity index (χ3n) is 2.37. The summed E-state index contributed by atoms with van der Waals surface area (Å²) in [6.07, 6.45) is -2.04. The quantitative estimate of drug-likeness (QED) is 0.500. The van der Waals surface area contributed by atoms with Crippen LogP contribution in [0.15, 0.2) is 42.2 Å². The van der Waals surface area contributed by atoms with Gasteiger partial charge in [0.15, 0.2) is 0 Å². The molecule has 0 aromatic heterocycles. The van der Waals surface area contributed by atoms with E-state index in [1.807, 2.05) is 0 Å². The fourth-order valence-corrected chi connectivity index (χ4v) is 1.45. The molecule has 0 saturated carbocycles. The van der Waals surface area contributed by atoms with Gasteiger partial charge in [0.05, 0.1) is 5.56 Å². The topological polar surface area (TPSA) is 93.2 Å². The van der Waals surface area contributed by atoms with Gasteiger partial charge in [0.1, 0.15) is 5.82 Å². The van der Waals surface area contributed by atoms with Gasteiger partial charge < -0.3 is 11.5 Å². The lowest BCUT2D eigenvalue weighted by atomic mass is 10.0. The Morgan fingerprint density at radius 3 is 2.33 bits per heavy atom. The van der Waals surface area contributed by atoms with Crippen LogP contribution in [0.2, 0.25) is 0 Å². The standard InChI is InChI=1S/C13H15F3N4O/c1-8(21)19-20-12(18)7-6-11(17)9-4-2-3-5-10(9)13(14,15)16/h2-7,20H,17-18H2,1H3,(H,19,21)/b11-6-,12-7+. The Kier molecular flexibility index (Phi) is 5.23. The van der Waals surface area contributed by atoms with Crippen molar-refractivity contribution in [1.29, 1.82) is 0 Å². The van der Waals surface area contributed by atoms with Crippen LogP contribution in [0, 0.1) is 0 Å². The first-order chi connectivity index (χ1) is 9.71. The predicted molar refractivity (Wildman–Crippen MR) is 72.8 cm³/mol. The van der Waals surface area contributed by atoms with Gasteiger partial charge in [-0.3, -0.25) is 15.6 Å². The second-order valence-electron chi connectivity index (χ2n) is 4.09. The number of hydrazine groups is 1. The van der Waals surface area contributed by atoms with Gasteiger partial charge >= 0.3 is 6.18 Å². The average molecular weight is 300 g/mol. The van der Waals surface area contributed by atoms with Crippen molar-refractivity contribution in [3.05, 3.63) is 53.4 Å². The fourth-order valence-electron chi connectivity index (χ4n) is 1.45. The van der Waals surface area contributed by atoms with Gasteiger partial charge in [0.25, 0.3) is 0 Å². The first-order valence-corrected chi connectivity index (χ1v) is 5.84. The van der Waals surface area contributed by atoms with Crippen LogP contribution in [0.5, 0.6) is 0 Å². The molecule has 1 aromatic rings. The lowest BCUT2D eigenvalue weighted by molar-refractivity contribution is -0.137. The molecule has 114 valence electrons. The second kappa shape index (κ2) is 6.69. The first kappa shape index (κ1) is 16.4. The summed E-state index contributed by atoms with van der Waals surface area (Å²) in [7, 11) is 0. The smallest absolute Gasteiger partial charge is 0.398 e. The van der Waals surface area contributed by atoms with Gasteiger partial charge in [0.2, 0.25) is 5.91 Å². The van der Waals surface area contributed by atoms with Crippen LogP contribution in [0.3, 0.4) is 0 Å². The molecule has 21 heavy (non-hydrogen) atoms. The van der Waals surface area contributed by atoms with Gasteiger partial charge in [0, 0.05) is 18.2 Å². The summed E-state index contributed by atoms with van der Waals surface area (Å²) in [6.45, 7) is 1.27. The molecule has 1 amide bonds. The maximum Gasteiger partial charge on any atom is 0.417 e. The number of halogens is 3. The highest BCUT2D eigenvalue weighted by Gasteiger charge is 2.33. The zero-order chi connectivity index (χ0) is 16.0. The number of alkyl halides is 3. The number of rotatable bonds is 4. The molecule has 0 aliphatic heterocycles. The van der Waals surface area contributed by atoms with Gasteiger partial charge in [-0.15, -0.1) is 0 Å². The number of carbonyl (C=O) groups excluding carboxylic acids is 1. The van der Waals surface area contributed by atoms with E-state index in [1.165, 1.54) is 37.3 Å². The number of nitrogens with one attached hydrogen (secondary N) is 2. The van der Waals surface area contributed by atoms with Crippen molar-refractivity contribution in [2.75, 3.05) is 0 Å². The fraction of sp³-hybridized carbons (Fsp3) is 0.154. The molecule has 0 spiro atoms. The third-order valence-corrected chi connectivity index (χ3v) is 2.37. The van der Waals surface area contributed by atoms with Crippen LogP contribution in [-0.2, 0) is 11.0 Å². The molecule has 8 heteroatoms. The molecule has 5 nitrogen and oxygen atoms in total. The molecular formula is C13H15F3N4O. The number of hydrogen-bond acceptors (Lipinski definition) is 4. The Bertz CT molecular complexity index is 579. The van der Waals surface area contributed by atoms with E-state index in [-0.39, 0.29) is 23.0 Å². The van der Waals surface area contributed by atoms with E-state index < -0.39 is 11.7 Å². The normalized spacial score (nSPS) is 13.0. The number of benzene rings is 1. The number of amides is 1. The maximum atomic E-state index is 12.8. The van der Waals surface area contributed by atoms with Crippen LogP contribution in [-0.4, -0.2) is 5.91 Å². The van der Waals surface area contributed by atoms with E-state index in [9.17, 15) is 18.0 Å². The van der Waals surface area contributed by atoms with E-state index in [4.69, 9.17) is 11.5 Å². The summed E-state index contributed by atoms with van der Waals surface area (Å²) in [4.78, 5) is 10.6. The summed E-state index contributed by atoms with van der Waals surface area (Å²) in [6, 6.07) is 4.94. The highest BCUT2D eigenvalue weighted by atomic mass is 19.4. The number of allylic oxidation sites excluding steroid dienone is 2. The van der Waals surface area contributed by atoms with Crippen LogP contribution in [0.4, 0.5) is 13.2 Å². The summed E-state index contributed by atoms with van der Waals surface area (Å²) in [5.41, 5.74) is 14.6. The average Bonchev–Trinajstić information content (AvgIpc) is 2.41. The van der Waals surface area contributed by atoms with Crippen molar-refractivity contribution >= 4 is 11.6 Å². The molecule has 0 bridgehead atoms. The van der Waals surface area contributed by atoms with E-state index in [0.717, 1.165) is 6.07 Å². The molecule has 1 aromatic carbocycles. The van der Waals surface area contributed by atoms with Crippen molar-refractivity contribution < 1.29 is 18.0 Å². The zero-order valence-electron chi connectivity index (χ0n) is 11.2. The lowest BCUT2D eigenvalue weighted by Crippen LogP contribution is -2.37. The Morgan fingerprint density at radius 2 is 1.76 bits per heavy atom. The minimum atomic E-state index is -4.50. The molecule has 0 aliphatic carbocycles. The Hall–Kier alpha value is -2.64. The molecule has 0 heterocycles. The predicted octanol–water partition coefficient (Wildman–Crippen LogP) is 1.45. The number of hydrogen-bond donors (Lipinski definition) is 4. The number of nitrogens with two attached hydrogens (primary N) is 2. The van der Waals surface area contributed by atoms with E-state index >= 15 is 0 Å². The monoisotopic (exact) mass is 300 g/mol. The first-order valence-electron chi connectivity index (χ1n) is 5.84. The van der Waals surface area contributed by atoms with Crippen LogP contribution >= 0.6 is 0 Å². The summed E-state index contributed by atoms with van der Waals surface area (Å²) in [5, 5.41) is 0. The van der Waals surface area contributed by atoms with Crippen LogP contribution < -0.4 is 22.3 Å². The minimum absolute atomic E-state index is 0.0256. The lowest BCUT2D eigenvalue weighted by Gasteiger charge is -2.12. The molecule has 0 saturated heterocycles. The van der Waals surface area contributed by atoms with Crippen molar-refractivity contribution in [2.24, 2.45) is 11.5 Å². The molecular weight excluding hydrogens is 285 g/mol. The molecule has 0 atom stereocenters. The Labute approximate surface area is 119 Å². The zero-order valence-corrected chi connectivity index (χ0v) is 11.2. The minimum Gasteiger partial charge on any atom is -0.398 e. The van der Waals surface area contributed by atoms with Crippen LogP contribution in [0.25, 0.3) is 5.70 Å². The second-order valence-corrected chi connectivity index (χ2v) is 4.09. The summed E-state index contributed by atoms with van der Waals surface area (Å²) in [5.74, 6) is -0.344. The third kappa shape index (κ3) is 5.09. The Balaban J connectivity index is 2.98. The van der Waals surface area contributed by atoms with Crippen molar-refractivity contribution in [1.82, 2.24) is 10.9 Å². The highest BCUT2D eigenvalue weighted by molar-refractivity contribution is 5.72. The highest BCUT2D eigenvalue weighted by Crippen LogP contribution is 2.33. The molecule has 0 unspecified atom stereocenters. The number of carbonyl (C=O) groups is 1. The molecule has 0 aliphatic rings.